The molecule has 2 aliphatic carbocycles. The summed E-state index contributed by atoms with van der Waals surface area (Å²) in [5.74, 6) is 2.33. The molecule has 2 atom stereocenters. The van der Waals surface area contributed by atoms with E-state index in [4.69, 9.17) is 5.73 Å². The number of nitrogens with zero attached hydrogens (tertiary/aromatic N) is 1. The molecule has 3 rings (SSSR count). The number of benzene rings is 1. The van der Waals surface area contributed by atoms with Gasteiger partial charge in [0.25, 0.3) is 0 Å². The summed E-state index contributed by atoms with van der Waals surface area (Å²) in [6.07, 6.45) is 4.60. The van der Waals surface area contributed by atoms with Gasteiger partial charge in [0.1, 0.15) is 0 Å². The van der Waals surface area contributed by atoms with Gasteiger partial charge in [-0.2, -0.15) is 0 Å². The second-order valence-corrected chi connectivity index (χ2v) is 6.38. The summed E-state index contributed by atoms with van der Waals surface area (Å²) in [5, 5.41) is 0. The number of amides is 1. The fourth-order valence-corrected chi connectivity index (χ4v) is 3.60. The van der Waals surface area contributed by atoms with E-state index < -0.39 is 0 Å². The summed E-state index contributed by atoms with van der Waals surface area (Å²) in [7, 11) is 0. The van der Waals surface area contributed by atoms with Crippen LogP contribution < -0.4 is 5.73 Å². The van der Waals surface area contributed by atoms with E-state index >= 15 is 0 Å². The molecule has 0 aliphatic heterocycles. The van der Waals surface area contributed by atoms with Gasteiger partial charge in [0.15, 0.2) is 0 Å². The summed E-state index contributed by atoms with van der Waals surface area (Å²) in [6.45, 7) is 3.62. The molecule has 3 heteroatoms. The highest BCUT2D eigenvalue weighted by atomic mass is 16.2. The van der Waals surface area contributed by atoms with Crippen molar-refractivity contribution >= 4 is 11.6 Å². The zero-order valence-electron chi connectivity index (χ0n) is 12.2. The van der Waals surface area contributed by atoms with Crippen molar-refractivity contribution in [3.63, 3.8) is 0 Å². The number of para-hydroxylation sites is 1. The standard InChI is InChI=1S/C17H24N2O/c1-2-7-19(11-12-5-3-4-6-16(12)18)17(20)15-9-13-8-14(13)10-15/h3-6,13-15H,2,7-11,18H2,1H3. The van der Waals surface area contributed by atoms with Crippen molar-refractivity contribution in [2.24, 2.45) is 17.8 Å². The topological polar surface area (TPSA) is 46.3 Å². The molecule has 2 N–H and O–H groups in total. The van der Waals surface area contributed by atoms with E-state index in [-0.39, 0.29) is 5.92 Å². The van der Waals surface area contributed by atoms with Crippen LogP contribution in [0.5, 0.6) is 0 Å². The zero-order valence-corrected chi connectivity index (χ0v) is 12.2. The van der Waals surface area contributed by atoms with Gasteiger partial charge in [-0.3, -0.25) is 4.79 Å². The third kappa shape index (κ3) is 2.67. The number of nitrogens with two attached hydrogens (primary N) is 1. The van der Waals surface area contributed by atoms with Gasteiger partial charge in [-0.25, -0.2) is 0 Å². The highest BCUT2D eigenvalue weighted by Crippen LogP contribution is 2.54. The molecule has 3 nitrogen and oxygen atoms in total. The molecule has 0 saturated heterocycles. The van der Waals surface area contributed by atoms with E-state index in [0.29, 0.717) is 12.5 Å². The third-order valence-corrected chi connectivity index (χ3v) is 4.81. The first-order valence-corrected chi connectivity index (χ1v) is 7.81. The lowest BCUT2D eigenvalue weighted by molar-refractivity contribution is -0.136. The maximum Gasteiger partial charge on any atom is 0.226 e. The number of rotatable bonds is 5. The molecule has 2 fully saturated rings. The lowest BCUT2D eigenvalue weighted by atomic mass is 10.0. The van der Waals surface area contributed by atoms with Gasteiger partial charge in [-0.05, 0) is 49.1 Å². The van der Waals surface area contributed by atoms with Gasteiger partial charge in [0.05, 0.1) is 0 Å². The maximum atomic E-state index is 12.7. The van der Waals surface area contributed by atoms with Gasteiger partial charge in [0, 0.05) is 24.7 Å². The Morgan fingerprint density at radius 1 is 1.25 bits per heavy atom. The first kappa shape index (κ1) is 13.5. The van der Waals surface area contributed by atoms with Crippen molar-refractivity contribution in [2.75, 3.05) is 12.3 Å². The van der Waals surface area contributed by atoms with Crippen molar-refractivity contribution in [3.05, 3.63) is 29.8 Å². The molecule has 2 unspecified atom stereocenters. The first-order valence-electron chi connectivity index (χ1n) is 7.81. The quantitative estimate of drug-likeness (QED) is 0.837. The molecule has 2 aliphatic rings. The van der Waals surface area contributed by atoms with Crippen molar-refractivity contribution in [1.82, 2.24) is 4.90 Å². The third-order valence-electron chi connectivity index (χ3n) is 4.81. The van der Waals surface area contributed by atoms with Crippen LogP contribution >= 0.6 is 0 Å². The molecule has 0 heterocycles. The van der Waals surface area contributed by atoms with Crippen molar-refractivity contribution in [2.45, 2.75) is 39.2 Å². The Morgan fingerprint density at radius 2 is 1.95 bits per heavy atom. The molecule has 0 aromatic heterocycles. The summed E-state index contributed by atoms with van der Waals surface area (Å²) >= 11 is 0. The molecule has 108 valence electrons. The molecule has 1 aromatic rings. The fourth-order valence-electron chi connectivity index (χ4n) is 3.60. The molecule has 0 radical (unpaired) electrons. The Kier molecular flexibility index (Phi) is 3.68. The number of fused-ring (bicyclic) bond motifs is 1. The minimum atomic E-state index is 0.273. The largest absolute Gasteiger partial charge is 0.398 e. The highest BCUT2D eigenvalue weighted by Gasteiger charge is 2.48. The van der Waals surface area contributed by atoms with E-state index in [1.54, 1.807) is 0 Å². The normalized spacial score (nSPS) is 27.1. The van der Waals surface area contributed by atoms with Crippen LogP contribution in [0.2, 0.25) is 0 Å². The van der Waals surface area contributed by atoms with E-state index in [1.807, 2.05) is 29.2 Å². The second-order valence-electron chi connectivity index (χ2n) is 6.38. The van der Waals surface area contributed by atoms with Crippen LogP contribution in [0.1, 0.15) is 38.2 Å². The second kappa shape index (κ2) is 5.47. The highest BCUT2D eigenvalue weighted by molar-refractivity contribution is 5.79. The van der Waals surface area contributed by atoms with Crippen LogP contribution in [0.4, 0.5) is 5.69 Å². The molecule has 0 spiro atoms. The van der Waals surface area contributed by atoms with Crippen LogP contribution in [0.25, 0.3) is 0 Å². The predicted molar refractivity (Wildman–Crippen MR) is 80.9 cm³/mol. The SMILES string of the molecule is CCCN(Cc1ccccc1N)C(=O)C1CC2CC2C1. The Hall–Kier alpha value is -1.51. The first-order chi connectivity index (χ1) is 9.69. The van der Waals surface area contributed by atoms with E-state index in [2.05, 4.69) is 6.92 Å². The lowest BCUT2D eigenvalue weighted by Crippen LogP contribution is -2.36. The van der Waals surface area contributed by atoms with Crippen LogP contribution in [0.15, 0.2) is 24.3 Å². The fraction of sp³-hybridized carbons (Fsp3) is 0.588. The van der Waals surface area contributed by atoms with Crippen molar-refractivity contribution in [3.8, 4) is 0 Å². The van der Waals surface area contributed by atoms with Gasteiger partial charge in [-0.15, -0.1) is 0 Å². The minimum absolute atomic E-state index is 0.273. The van der Waals surface area contributed by atoms with Crippen LogP contribution in [0, 0.1) is 17.8 Å². The molecular weight excluding hydrogens is 248 g/mol. The van der Waals surface area contributed by atoms with Gasteiger partial charge >= 0.3 is 0 Å². The average molecular weight is 272 g/mol. The Bertz CT molecular complexity index is 490. The number of hydrogen-bond donors (Lipinski definition) is 1. The van der Waals surface area contributed by atoms with E-state index in [1.165, 1.54) is 6.42 Å². The molecule has 2 saturated carbocycles. The van der Waals surface area contributed by atoms with Crippen molar-refractivity contribution < 1.29 is 4.79 Å². The number of anilines is 1. The van der Waals surface area contributed by atoms with Crippen LogP contribution in [-0.2, 0) is 11.3 Å². The number of carbonyl (C=O) groups is 1. The molecule has 1 amide bonds. The summed E-state index contributed by atoms with van der Waals surface area (Å²) in [5.41, 5.74) is 7.86. The van der Waals surface area contributed by atoms with E-state index in [0.717, 1.165) is 48.9 Å². The van der Waals surface area contributed by atoms with Gasteiger partial charge in [0.2, 0.25) is 5.91 Å². The zero-order chi connectivity index (χ0) is 14.1. The summed E-state index contributed by atoms with van der Waals surface area (Å²) in [6, 6.07) is 7.87. The number of hydrogen-bond acceptors (Lipinski definition) is 2. The Balaban J connectivity index is 1.68. The molecule has 0 bridgehead atoms. The average Bonchev–Trinajstić information content (AvgIpc) is 3.06. The molecular formula is C17H24N2O. The maximum absolute atomic E-state index is 12.7. The smallest absolute Gasteiger partial charge is 0.226 e. The van der Waals surface area contributed by atoms with Crippen LogP contribution in [-0.4, -0.2) is 17.4 Å². The summed E-state index contributed by atoms with van der Waals surface area (Å²) < 4.78 is 0. The van der Waals surface area contributed by atoms with Crippen molar-refractivity contribution in [1.29, 1.82) is 0 Å². The van der Waals surface area contributed by atoms with Gasteiger partial charge in [-0.1, -0.05) is 25.1 Å². The summed E-state index contributed by atoms with van der Waals surface area (Å²) in [4.78, 5) is 14.7. The lowest BCUT2D eigenvalue weighted by Gasteiger charge is -2.26. The monoisotopic (exact) mass is 272 g/mol. The van der Waals surface area contributed by atoms with Crippen LogP contribution in [0.3, 0.4) is 0 Å². The Morgan fingerprint density at radius 3 is 2.60 bits per heavy atom. The Labute approximate surface area is 121 Å². The van der Waals surface area contributed by atoms with E-state index in [9.17, 15) is 4.79 Å². The molecule has 1 aromatic carbocycles. The molecule has 20 heavy (non-hydrogen) atoms. The predicted octanol–water partition coefficient (Wildman–Crippen LogP) is 3.05. The number of nitrogen functional groups attached to an aromatic ring is 1. The number of carbonyl (C=O) groups excluding carboxylic acids is 1. The minimum Gasteiger partial charge on any atom is -0.398 e. The van der Waals surface area contributed by atoms with Gasteiger partial charge < -0.3 is 10.6 Å².